The van der Waals surface area contributed by atoms with Gasteiger partial charge in [-0.1, -0.05) is 11.6 Å². The largest absolute Gasteiger partial charge is 0.481 e. The van der Waals surface area contributed by atoms with Crippen molar-refractivity contribution in [2.45, 2.75) is 31.7 Å². The van der Waals surface area contributed by atoms with Crippen LogP contribution in [0.25, 0.3) is 0 Å². The number of carbonyl (C=O) groups excluding carboxylic acids is 1. The van der Waals surface area contributed by atoms with Crippen molar-refractivity contribution < 1.29 is 19.1 Å². The Morgan fingerprint density at radius 3 is 2.90 bits per heavy atom. The molecule has 7 heteroatoms. The molecule has 1 unspecified atom stereocenters. The molecule has 0 saturated carbocycles. The highest BCUT2D eigenvalue weighted by atomic mass is 35.5. The van der Waals surface area contributed by atoms with Crippen molar-refractivity contribution in [3.05, 3.63) is 29.0 Å². The highest BCUT2D eigenvalue weighted by Gasteiger charge is 2.28. The fraction of sp³-hybridized carbons (Fsp3) is 0.429. The molecule has 2 rings (SSSR count). The number of hydrogen-bond acceptors (Lipinski definition) is 2. The summed E-state index contributed by atoms with van der Waals surface area (Å²) in [5.41, 5.74) is -0.00727. The number of carboxylic acids is 1. The number of halogens is 2. The summed E-state index contributed by atoms with van der Waals surface area (Å²) >= 11 is 5.77. The van der Waals surface area contributed by atoms with Gasteiger partial charge in [0.25, 0.3) is 0 Å². The van der Waals surface area contributed by atoms with Gasteiger partial charge in [0.05, 0.1) is 12.1 Å². The number of likely N-dealkylation sites (tertiary alicyclic amines) is 1. The minimum Gasteiger partial charge on any atom is -0.481 e. The first kappa shape index (κ1) is 15.6. The SMILES string of the molecule is O=C(O)CC1CCCCN1C(=O)Nc1cc(Cl)ccc1F. The maximum absolute atomic E-state index is 13.6. The number of hydrogen-bond donors (Lipinski definition) is 2. The lowest BCUT2D eigenvalue weighted by Crippen LogP contribution is -2.46. The van der Waals surface area contributed by atoms with Gasteiger partial charge in [0, 0.05) is 17.6 Å². The number of benzene rings is 1. The molecule has 2 amide bonds. The van der Waals surface area contributed by atoms with Gasteiger partial charge in [-0.3, -0.25) is 4.79 Å². The Labute approximate surface area is 126 Å². The van der Waals surface area contributed by atoms with Crippen molar-refractivity contribution in [3.63, 3.8) is 0 Å². The van der Waals surface area contributed by atoms with E-state index in [0.29, 0.717) is 18.0 Å². The van der Waals surface area contributed by atoms with Crippen LogP contribution in [0.3, 0.4) is 0 Å². The smallest absolute Gasteiger partial charge is 0.322 e. The molecule has 5 nitrogen and oxygen atoms in total. The lowest BCUT2D eigenvalue weighted by Gasteiger charge is -2.34. The number of nitrogens with zero attached hydrogens (tertiary/aromatic N) is 1. The third-order valence-electron chi connectivity index (χ3n) is 3.47. The van der Waals surface area contributed by atoms with E-state index in [2.05, 4.69) is 5.32 Å². The van der Waals surface area contributed by atoms with E-state index >= 15 is 0 Å². The van der Waals surface area contributed by atoms with E-state index in [1.54, 1.807) is 0 Å². The Kier molecular flexibility index (Phi) is 5.01. The number of amides is 2. The topological polar surface area (TPSA) is 69.6 Å². The van der Waals surface area contributed by atoms with Gasteiger partial charge in [-0.25, -0.2) is 9.18 Å². The molecule has 1 saturated heterocycles. The first-order valence-corrected chi connectivity index (χ1v) is 7.09. The van der Waals surface area contributed by atoms with Crippen molar-refractivity contribution in [3.8, 4) is 0 Å². The number of nitrogens with one attached hydrogen (secondary N) is 1. The second-order valence-electron chi connectivity index (χ2n) is 5.00. The van der Waals surface area contributed by atoms with E-state index in [1.807, 2.05) is 0 Å². The molecule has 1 aliphatic rings. The van der Waals surface area contributed by atoms with Crippen LogP contribution in [0.4, 0.5) is 14.9 Å². The summed E-state index contributed by atoms with van der Waals surface area (Å²) in [6.07, 6.45) is 2.22. The lowest BCUT2D eigenvalue weighted by molar-refractivity contribution is -0.138. The van der Waals surface area contributed by atoms with Crippen LogP contribution in [0.2, 0.25) is 5.02 Å². The fourth-order valence-corrected chi connectivity index (χ4v) is 2.63. The number of urea groups is 1. The lowest BCUT2D eigenvalue weighted by atomic mass is 10.00. The van der Waals surface area contributed by atoms with Gasteiger partial charge in [-0.05, 0) is 37.5 Å². The summed E-state index contributed by atoms with van der Waals surface area (Å²) in [4.78, 5) is 24.5. The number of rotatable bonds is 3. The number of anilines is 1. The Bertz CT molecular complexity index is 553. The molecule has 0 spiro atoms. The quantitative estimate of drug-likeness (QED) is 0.899. The van der Waals surface area contributed by atoms with Crippen molar-refractivity contribution in [1.82, 2.24) is 4.90 Å². The minimum absolute atomic E-state index is 0.00727. The van der Waals surface area contributed by atoms with Crippen LogP contribution >= 0.6 is 11.6 Å². The second-order valence-corrected chi connectivity index (χ2v) is 5.43. The van der Waals surface area contributed by atoms with Crippen LogP contribution in [-0.4, -0.2) is 34.6 Å². The standard InChI is InChI=1S/C14H16ClFN2O3/c15-9-4-5-11(16)12(7-9)17-14(21)18-6-2-1-3-10(18)8-13(19)20/h4-5,7,10H,1-3,6,8H2,(H,17,21)(H,19,20). The minimum atomic E-state index is -0.950. The predicted molar refractivity (Wildman–Crippen MR) is 77.0 cm³/mol. The van der Waals surface area contributed by atoms with Crippen molar-refractivity contribution in [2.75, 3.05) is 11.9 Å². The Morgan fingerprint density at radius 1 is 1.43 bits per heavy atom. The highest BCUT2D eigenvalue weighted by molar-refractivity contribution is 6.30. The second kappa shape index (κ2) is 6.76. The molecule has 2 N–H and O–H groups in total. The average Bonchev–Trinajstić information content (AvgIpc) is 2.42. The molecule has 1 atom stereocenters. The summed E-state index contributed by atoms with van der Waals surface area (Å²) in [5.74, 6) is -1.53. The number of aliphatic carboxylic acids is 1. The van der Waals surface area contributed by atoms with Crippen LogP contribution < -0.4 is 5.32 Å². The Hall–Kier alpha value is -1.82. The normalized spacial score (nSPS) is 18.4. The molecule has 0 aliphatic carbocycles. The Morgan fingerprint density at radius 2 is 2.19 bits per heavy atom. The highest BCUT2D eigenvalue weighted by Crippen LogP contribution is 2.23. The molecule has 0 radical (unpaired) electrons. The third-order valence-corrected chi connectivity index (χ3v) is 3.70. The van der Waals surface area contributed by atoms with Crippen LogP contribution in [0.5, 0.6) is 0 Å². The van der Waals surface area contributed by atoms with E-state index in [4.69, 9.17) is 16.7 Å². The number of carboxylic acid groups (broad SMARTS) is 1. The molecular formula is C14H16ClFN2O3. The van der Waals surface area contributed by atoms with E-state index in [-0.39, 0.29) is 18.2 Å². The third kappa shape index (κ3) is 4.07. The van der Waals surface area contributed by atoms with Crippen molar-refractivity contribution in [2.24, 2.45) is 0 Å². The molecule has 1 fully saturated rings. The molecule has 1 aromatic rings. The predicted octanol–water partition coefficient (Wildman–Crippen LogP) is 3.34. The van der Waals surface area contributed by atoms with Gasteiger partial charge in [-0.15, -0.1) is 0 Å². The maximum atomic E-state index is 13.6. The summed E-state index contributed by atoms with van der Waals surface area (Å²) in [5, 5.41) is 11.7. The summed E-state index contributed by atoms with van der Waals surface area (Å²) in [7, 11) is 0. The van der Waals surface area contributed by atoms with Crippen LogP contribution in [0.15, 0.2) is 18.2 Å². The van der Waals surface area contributed by atoms with Crippen LogP contribution in [0, 0.1) is 5.82 Å². The van der Waals surface area contributed by atoms with Gasteiger partial charge in [0.2, 0.25) is 0 Å². The zero-order chi connectivity index (χ0) is 15.4. The van der Waals surface area contributed by atoms with Gasteiger partial charge in [0.15, 0.2) is 0 Å². The van der Waals surface area contributed by atoms with Gasteiger partial charge >= 0.3 is 12.0 Å². The zero-order valence-corrected chi connectivity index (χ0v) is 12.1. The van der Waals surface area contributed by atoms with Gasteiger partial charge in [0.1, 0.15) is 5.82 Å². The molecule has 1 heterocycles. The molecule has 0 aromatic heterocycles. The Balaban J connectivity index is 2.10. The first-order valence-electron chi connectivity index (χ1n) is 6.72. The van der Waals surface area contributed by atoms with Crippen molar-refractivity contribution >= 4 is 29.3 Å². The van der Waals surface area contributed by atoms with Crippen molar-refractivity contribution in [1.29, 1.82) is 0 Å². The number of carbonyl (C=O) groups is 2. The monoisotopic (exact) mass is 314 g/mol. The molecule has 114 valence electrons. The zero-order valence-electron chi connectivity index (χ0n) is 11.3. The van der Waals surface area contributed by atoms with Crippen LogP contribution in [0.1, 0.15) is 25.7 Å². The van der Waals surface area contributed by atoms with E-state index in [9.17, 15) is 14.0 Å². The van der Waals surface area contributed by atoms with Gasteiger partial charge in [-0.2, -0.15) is 0 Å². The van der Waals surface area contributed by atoms with E-state index in [0.717, 1.165) is 12.8 Å². The summed E-state index contributed by atoms with van der Waals surface area (Å²) < 4.78 is 13.6. The average molecular weight is 315 g/mol. The molecule has 0 bridgehead atoms. The summed E-state index contributed by atoms with van der Waals surface area (Å²) in [6.45, 7) is 0.464. The number of piperidine rings is 1. The van der Waals surface area contributed by atoms with Gasteiger partial charge < -0.3 is 15.3 Å². The molecule has 1 aliphatic heterocycles. The summed E-state index contributed by atoms with van der Waals surface area (Å²) in [6, 6.07) is 3.02. The molecule has 21 heavy (non-hydrogen) atoms. The van der Waals surface area contributed by atoms with E-state index < -0.39 is 17.8 Å². The van der Waals surface area contributed by atoms with E-state index in [1.165, 1.54) is 23.1 Å². The van der Waals surface area contributed by atoms with Crippen LogP contribution in [-0.2, 0) is 4.79 Å². The first-order chi connectivity index (χ1) is 9.97. The maximum Gasteiger partial charge on any atom is 0.322 e. The molecule has 1 aromatic carbocycles. The molecular weight excluding hydrogens is 299 g/mol. The fourth-order valence-electron chi connectivity index (χ4n) is 2.46.